The van der Waals surface area contributed by atoms with E-state index < -0.39 is 11.9 Å². The van der Waals surface area contributed by atoms with E-state index in [1.807, 2.05) is 4.90 Å². The summed E-state index contributed by atoms with van der Waals surface area (Å²) in [7, 11) is 0. The molecule has 0 aromatic carbocycles. The van der Waals surface area contributed by atoms with Gasteiger partial charge in [-0.2, -0.15) is 0 Å². The summed E-state index contributed by atoms with van der Waals surface area (Å²) in [6, 6.07) is 0.715. The fraction of sp³-hybridized carbons (Fsp3) is 0.867. The minimum Gasteiger partial charge on any atom is -0.481 e. The number of rotatable bonds is 2. The van der Waals surface area contributed by atoms with Crippen LogP contribution in [0, 0.1) is 11.8 Å². The molecule has 0 bridgehead atoms. The molecule has 1 amide bonds. The Morgan fingerprint density at radius 2 is 1.80 bits per heavy atom. The van der Waals surface area contributed by atoms with Gasteiger partial charge in [0.25, 0.3) is 0 Å². The molecule has 2 unspecified atom stereocenters. The number of fused-ring (bicyclic) bond motifs is 1. The highest BCUT2D eigenvalue weighted by Gasteiger charge is 2.43. The molecule has 3 aliphatic rings. The fourth-order valence-corrected chi connectivity index (χ4v) is 4.26. The van der Waals surface area contributed by atoms with Crippen LogP contribution in [0.3, 0.4) is 0 Å². The second kappa shape index (κ2) is 5.35. The number of aliphatic carboxylic acids is 1. The van der Waals surface area contributed by atoms with E-state index in [1.54, 1.807) is 0 Å². The van der Waals surface area contributed by atoms with Crippen molar-refractivity contribution in [2.24, 2.45) is 11.8 Å². The summed E-state index contributed by atoms with van der Waals surface area (Å²) >= 11 is 0. The molecule has 20 heavy (non-hydrogen) atoms. The molecule has 0 aromatic rings. The lowest BCUT2D eigenvalue weighted by molar-refractivity contribution is -0.151. The molecule has 3 rings (SSSR count). The molecule has 5 heteroatoms. The summed E-state index contributed by atoms with van der Waals surface area (Å²) in [6.45, 7) is 4.99. The van der Waals surface area contributed by atoms with Crippen LogP contribution < -0.4 is 0 Å². The van der Waals surface area contributed by atoms with Gasteiger partial charge < -0.3 is 10.0 Å². The maximum atomic E-state index is 12.8. The molecular weight excluding hydrogens is 256 g/mol. The number of piperazine rings is 1. The average molecular weight is 280 g/mol. The number of carbonyl (C=O) groups excluding carboxylic acids is 1. The van der Waals surface area contributed by atoms with Crippen LogP contribution in [0.1, 0.15) is 39.0 Å². The van der Waals surface area contributed by atoms with E-state index in [0.29, 0.717) is 12.5 Å². The fourth-order valence-electron chi connectivity index (χ4n) is 4.26. The van der Waals surface area contributed by atoms with Crippen LogP contribution in [0.4, 0.5) is 0 Å². The largest absolute Gasteiger partial charge is 0.481 e. The van der Waals surface area contributed by atoms with Gasteiger partial charge in [-0.05, 0) is 39.2 Å². The van der Waals surface area contributed by atoms with Gasteiger partial charge in [-0.15, -0.1) is 0 Å². The van der Waals surface area contributed by atoms with Crippen LogP contribution in [0.5, 0.6) is 0 Å². The van der Waals surface area contributed by atoms with Gasteiger partial charge in [-0.3, -0.25) is 14.5 Å². The topological polar surface area (TPSA) is 60.9 Å². The first-order valence-corrected chi connectivity index (χ1v) is 7.85. The van der Waals surface area contributed by atoms with Gasteiger partial charge in [-0.25, -0.2) is 0 Å². The van der Waals surface area contributed by atoms with Crippen molar-refractivity contribution in [1.29, 1.82) is 0 Å². The highest BCUT2D eigenvalue weighted by molar-refractivity contribution is 5.85. The van der Waals surface area contributed by atoms with Gasteiger partial charge in [-0.1, -0.05) is 6.42 Å². The molecule has 0 radical (unpaired) electrons. The van der Waals surface area contributed by atoms with Crippen molar-refractivity contribution in [3.05, 3.63) is 0 Å². The smallest absolute Gasteiger partial charge is 0.307 e. The standard InChI is InChI=1S/C15H24N2O3/c1-10-8-16-7-3-4-11(16)9-17(10)14(18)12-5-2-6-13(12)15(19)20/h10-13H,2-9H2,1H3,(H,19,20)/t10?,11?,12-,13+/m1/s1. The van der Waals surface area contributed by atoms with Crippen molar-refractivity contribution in [2.75, 3.05) is 19.6 Å². The Labute approximate surface area is 119 Å². The number of amides is 1. The molecule has 2 aliphatic heterocycles. The minimum atomic E-state index is -0.798. The average Bonchev–Trinajstić information content (AvgIpc) is 3.04. The molecule has 5 nitrogen and oxygen atoms in total. The van der Waals surface area contributed by atoms with Crippen molar-refractivity contribution in [2.45, 2.75) is 51.1 Å². The van der Waals surface area contributed by atoms with Crippen molar-refractivity contribution < 1.29 is 14.7 Å². The number of hydrogen-bond donors (Lipinski definition) is 1. The monoisotopic (exact) mass is 280 g/mol. The Bertz CT molecular complexity index is 412. The second-order valence-electron chi connectivity index (χ2n) is 6.61. The number of nitrogens with zero attached hydrogens (tertiary/aromatic N) is 2. The van der Waals surface area contributed by atoms with E-state index >= 15 is 0 Å². The first kappa shape index (κ1) is 13.9. The molecular formula is C15H24N2O3. The van der Waals surface area contributed by atoms with Crippen LogP contribution >= 0.6 is 0 Å². The van der Waals surface area contributed by atoms with Crippen molar-refractivity contribution in [3.63, 3.8) is 0 Å². The van der Waals surface area contributed by atoms with E-state index in [4.69, 9.17) is 0 Å². The van der Waals surface area contributed by atoms with E-state index in [9.17, 15) is 14.7 Å². The lowest BCUT2D eigenvalue weighted by Crippen LogP contribution is -2.58. The number of carboxylic acid groups (broad SMARTS) is 1. The van der Waals surface area contributed by atoms with Gasteiger partial charge in [0.05, 0.1) is 11.8 Å². The zero-order valence-electron chi connectivity index (χ0n) is 12.1. The van der Waals surface area contributed by atoms with Gasteiger partial charge >= 0.3 is 5.97 Å². The number of carboxylic acids is 1. The van der Waals surface area contributed by atoms with Gasteiger partial charge in [0.15, 0.2) is 0 Å². The molecule has 4 atom stereocenters. The van der Waals surface area contributed by atoms with Crippen LogP contribution in [-0.4, -0.2) is 58.5 Å². The molecule has 0 spiro atoms. The predicted octanol–water partition coefficient (Wildman–Crippen LogP) is 1.18. The van der Waals surface area contributed by atoms with E-state index in [-0.39, 0.29) is 17.9 Å². The van der Waals surface area contributed by atoms with Gasteiger partial charge in [0, 0.05) is 25.2 Å². The first-order valence-electron chi connectivity index (χ1n) is 7.85. The molecule has 1 saturated carbocycles. The third-order valence-electron chi connectivity index (χ3n) is 5.37. The zero-order valence-corrected chi connectivity index (χ0v) is 12.1. The summed E-state index contributed by atoms with van der Waals surface area (Å²) in [5, 5.41) is 9.27. The third kappa shape index (κ3) is 2.32. The Hall–Kier alpha value is -1.10. The summed E-state index contributed by atoms with van der Waals surface area (Å²) in [6.07, 6.45) is 4.66. The normalized spacial score (nSPS) is 38.0. The van der Waals surface area contributed by atoms with Crippen LogP contribution in [0.15, 0.2) is 0 Å². The first-order chi connectivity index (χ1) is 9.58. The molecule has 112 valence electrons. The molecule has 2 saturated heterocycles. The van der Waals surface area contributed by atoms with Crippen molar-refractivity contribution >= 4 is 11.9 Å². The summed E-state index contributed by atoms with van der Waals surface area (Å²) in [4.78, 5) is 28.5. The zero-order chi connectivity index (χ0) is 14.3. The van der Waals surface area contributed by atoms with Gasteiger partial charge in [0.1, 0.15) is 0 Å². The van der Waals surface area contributed by atoms with Crippen LogP contribution in [0.2, 0.25) is 0 Å². The lowest BCUT2D eigenvalue weighted by atomic mass is 9.93. The van der Waals surface area contributed by atoms with E-state index in [2.05, 4.69) is 11.8 Å². The third-order valence-corrected chi connectivity index (χ3v) is 5.37. The predicted molar refractivity (Wildman–Crippen MR) is 74.2 cm³/mol. The Morgan fingerprint density at radius 1 is 1.05 bits per heavy atom. The van der Waals surface area contributed by atoms with Gasteiger partial charge in [0.2, 0.25) is 5.91 Å². The maximum absolute atomic E-state index is 12.8. The van der Waals surface area contributed by atoms with Crippen molar-refractivity contribution in [1.82, 2.24) is 9.80 Å². The Balaban J connectivity index is 1.71. The highest BCUT2D eigenvalue weighted by atomic mass is 16.4. The van der Waals surface area contributed by atoms with E-state index in [0.717, 1.165) is 32.5 Å². The summed E-state index contributed by atoms with van der Waals surface area (Å²) in [5.41, 5.74) is 0. The molecule has 3 fully saturated rings. The maximum Gasteiger partial charge on any atom is 0.307 e. The SMILES string of the molecule is CC1CN2CCCC2CN1C(=O)[C@@H]1CCC[C@@H]1C(=O)O. The minimum absolute atomic E-state index is 0.0916. The highest BCUT2D eigenvalue weighted by Crippen LogP contribution is 2.35. The molecule has 2 heterocycles. The van der Waals surface area contributed by atoms with E-state index in [1.165, 1.54) is 12.8 Å². The van der Waals surface area contributed by atoms with Crippen molar-refractivity contribution in [3.8, 4) is 0 Å². The second-order valence-corrected chi connectivity index (χ2v) is 6.61. The quantitative estimate of drug-likeness (QED) is 0.825. The summed E-state index contributed by atoms with van der Waals surface area (Å²) in [5.74, 6) is -1.46. The number of carbonyl (C=O) groups is 2. The lowest BCUT2D eigenvalue weighted by Gasteiger charge is -2.43. The molecule has 0 aromatic heterocycles. The van der Waals surface area contributed by atoms with Crippen LogP contribution in [-0.2, 0) is 9.59 Å². The number of hydrogen-bond acceptors (Lipinski definition) is 3. The molecule has 1 aliphatic carbocycles. The Morgan fingerprint density at radius 3 is 2.55 bits per heavy atom. The Kier molecular flexibility index (Phi) is 3.71. The van der Waals surface area contributed by atoms with Crippen LogP contribution in [0.25, 0.3) is 0 Å². The molecule has 1 N–H and O–H groups in total. The summed E-state index contributed by atoms with van der Waals surface area (Å²) < 4.78 is 0.